The predicted octanol–water partition coefficient (Wildman–Crippen LogP) is 3.28. The van der Waals surface area contributed by atoms with Crippen LogP contribution in [0.4, 0.5) is 0 Å². The number of fused-ring (bicyclic) bond motifs is 2. The summed E-state index contributed by atoms with van der Waals surface area (Å²) in [6.07, 6.45) is 5.50. The summed E-state index contributed by atoms with van der Waals surface area (Å²) in [5.74, 6) is 8.22. The third-order valence-electron chi connectivity index (χ3n) is 4.64. The first-order chi connectivity index (χ1) is 8.29. The van der Waals surface area contributed by atoms with Crippen molar-refractivity contribution in [2.24, 2.45) is 23.6 Å². The van der Waals surface area contributed by atoms with E-state index in [2.05, 4.69) is 11.5 Å². The van der Waals surface area contributed by atoms with Gasteiger partial charge in [0.15, 0.2) is 0 Å². The molecule has 2 fully saturated rings. The Morgan fingerprint density at radius 3 is 2.65 bits per heavy atom. The first kappa shape index (κ1) is 11.5. The second kappa shape index (κ2) is 4.60. The van der Waals surface area contributed by atoms with E-state index in [1.165, 1.54) is 25.7 Å². The Morgan fingerprint density at radius 1 is 1.24 bits per heavy atom. The highest BCUT2D eigenvalue weighted by Crippen LogP contribution is 2.52. The van der Waals surface area contributed by atoms with Crippen LogP contribution in [0.25, 0.3) is 0 Å². The summed E-state index contributed by atoms with van der Waals surface area (Å²) in [5, 5.41) is 0.832. The van der Waals surface area contributed by atoms with E-state index in [4.69, 9.17) is 17.4 Å². The maximum atomic E-state index is 6.28. The van der Waals surface area contributed by atoms with Gasteiger partial charge in [-0.15, -0.1) is 0 Å². The molecule has 2 aliphatic carbocycles. The van der Waals surface area contributed by atoms with Crippen molar-refractivity contribution in [2.45, 2.75) is 31.7 Å². The van der Waals surface area contributed by atoms with Crippen LogP contribution < -0.4 is 11.3 Å². The summed E-state index contributed by atoms with van der Waals surface area (Å²) in [6, 6.07) is 8.28. The van der Waals surface area contributed by atoms with Crippen molar-refractivity contribution in [1.29, 1.82) is 0 Å². The summed E-state index contributed by atoms with van der Waals surface area (Å²) < 4.78 is 0. The van der Waals surface area contributed by atoms with Gasteiger partial charge in [-0.25, -0.2) is 0 Å². The third kappa shape index (κ3) is 1.99. The molecule has 3 rings (SSSR count). The van der Waals surface area contributed by atoms with Gasteiger partial charge >= 0.3 is 0 Å². The fourth-order valence-electron chi connectivity index (χ4n) is 3.87. The van der Waals surface area contributed by atoms with Crippen molar-refractivity contribution in [2.75, 3.05) is 0 Å². The van der Waals surface area contributed by atoms with Gasteiger partial charge in [0.1, 0.15) is 0 Å². The molecule has 17 heavy (non-hydrogen) atoms. The average Bonchev–Trinajstić information content (AvgIpc) is 2.95. The van der Waals surface area contributed by atoms with Gasteiger partial charge in [-0.3, -0.25) is 11.3 Å². The molecule has 0 amide bonds. The van der Waals surface area contributed by atoms with Crippen LogP contribution in [-0.2, 0) is 0 Å². The number of hydrogen-bond donors (Lipinski definition) is 2. The van der Waals surface area contributed by atoms with Gasteiger partial charge in [0, 0.05) is 5.02 Å². The van der Waals surface area contributed by atoms with Crippen LogP contribution in [0.5, 0.6) is 0 Å². The molecule has 2 saturated carbocycles. The maximum Gasteiger partial charge on any atom is 0.0505 e. The molecule has 4 atom stereocenters. The molecular weight excluding hydrogens is 232 g/mol. The highest BCUT2D eigenvalue weighted by atomic mass is 35.5. The first-order valence-electron chi connectivity index (χ1n) is 6.50. The van der Waals surface area contributed by atoms with Crippen LogP contribution in [0, 0.1) is 17.8 Å². The molecule has 0 spiro atoms. The third-order valence-corrected chi connectivity index (χ3v) is 4.98. The van der Waals surface area contributed by atoms with E-state index in [1.807, 2.05) is 18.2 Å². The molecule has 2 aliphatic rings. The smallest absolute Gasteiger partial charge is 0.0505 e. The van der Waals surface area contributed by atoms with Gasteiger partial charge < -0.3 is 0 Å². The molecule has 0 saturated heterocycles. The minimum absolute atomic E-state index is 0.221. The Kier molecular flexibility index (Phi) is 3.12. The summed E-state index contributed by atoms with van der Waals surface area (Å²) in [5.41, 5.74) is 4.16. The van der Waals surface area contributed by atoms with Crippen molar-refractivity contribution in [3.63, 3.8) is 0 Å². The molecule has 1 aromatic rings. The van der Waals surface area contributed by atoms with Gasteiger partial charge in [0.2, 0.25) is 0 Å². The van der Waals surface area contributed by atoms with Crippen molar-refractivity contribution in [1.82, 2.24) is 5.43 Å². The molecule has 0 radical (unpaired) electrons. The summed E-state index contributed by atoms with van der Waals surface area (Å²) in [7, 11) is 0. The summed E-state index contributed by atoms with van der Waals surface area (Å²) in [4.78, 5) is 0. The van der Waals surface area contributed by atoms with E-state index in [1.54, 1.807) is 0 Å². The normalized spacial score (nSPS) is 32.9. The number of rotatable bonds is 3. The Morgan fingerprint density at radius 2 is 2.06 bits per heavy atom. The lowest BCUT2D eigenvalue weighted by molar-refractivity contribution is 0.252. The summed E-state index contributed by atoms with van der Waals surface area (Å²) in [6.45, 7) is 0. The molecule has 2 nitrogen and oxygen atoms in total. The quantitative estimate of drug-likeness (QED) is 0.638. The second-order valence-corrected chi connectivity index (χ2v) is 5.91. The lowest BCUT2D eigenvalue weighted by Gasteiger charge is -2.30. The van der Waals surface area contributed by atoms with E-state index < -0.39 is 0 Å². The number of hydrogen-bond acceptors (Lipinski definition) is 2. The van der Waals surface area contributed by atoms with Gasteiger partial charge in [-0.05, 0) is 48.6 Å². The minimum atomic E-state index is 0.221. The maximum absolute atomic E-state index is 6.28. The molecule has 4 unspecified atom stereocenters. The van der Waals surface area contributed by atoms with Crippen molar-refractivity contribution in [3.8, 4) is 0 Å². The van der Waals surface area contributed by atoms with E-state index in [9.17, 15) is 0 Å². The number of halogens is 1. The molecule has 0 aromatic heterocycles. The van der Waals surface area contributed by atoms with E-state index in [-0.39, 0.29) is 6.04 Å². The van der Waals surface area contributed by atoms with Crippen molar-refractivity contribution in [3.05, 3.63) is 34.9 Å². The first-order valence-corrected chi connectivity index (χ1v) is 6.88. The number of benzene rings is 1. The van der Waals surface area contributed by atoms with Crippen LogP contribution in [-0.4, -0.2) is 0 Å². The Balaban J connectivity index is 1.87. The highest BCUT2D eigenvalue weighted by molar-refractivity contribution is 6.31. The molecule has 92 valence electrons. The molecule has 3 heteroatoms. The van der Waals surface area contributed by atoms with Gasteiger partial charge in [-0.2, -0.15) is 0 Å². The van der Waals surface area contributed by atoms with Crippen molar-refractivity contribution < 1.29 is 0 Å². The molecule has 2 bridgehead atoms. The van der Waals surface area contributed by atoms with Crippen LogP contribution in [0.2, 0.25) is 5.02 Å². The van der Waals surface area contributed by atoms with Crippen LogP contribution in [0.15, 0.2) is 24.3 Å². The Hall–Kier alpha value is -0.570. The van der Waals surface area contributed by atoms with Gasteiger partial charge in [-0.1, -0.05) is 36.2 Å². The number of hydrazine groups is 1. The highest BCUT2D eigenvalue weighted by Gasteiger charge is 2.43. The lowest BCUT2D eigenvalue weighted by atomic mass is 9.81. The van der Waals surface area contributed by atoms with Crippen molar-refractivity contribution >= 4 is 11.6 Å². The van der Waals surface area contributed by atoms with E-state index >= 15 is 0 Å². The Bertz CT molecular complexity index is 407. The number of nitrogens with one attached hydrogen (secondary N) is 1. The zero-order valence-corrected chi connectivity index (χ0v) is 10.7. The standard InChI is InChI=1S/C14H19ClN2/c15-13-4-2-1-3-11(13)14(17-16)12-8-9-5-6-10(12)7-9/h1-4,9-10,12,14,17H,5-8,16H2. The predicted molar refractivity (Wildman–Crippen MR) is 70.5 cm³/mol. The zero-order valence-electron chi connectivity index (χ0n) is 9.90. The zero-order chi connectivity index (χ0) is 11.8. The van der Waals surface area contributed by atoms with Gasteiger partial charge in [0.25, 0.3) is 0 Å². The molecule has 3 N–H and O–H groups in total. The Labute approximate surface area is 108 Å². The summed E-state index contributed by atoms with van der Waals surface area (Å²) >= 11 is 6.28. The largest absolute Gasteiger partial charge is 0.271 e. The lowest BCUT2D eigenvalue weighted by Crippen LogP contribution is -2.36. The van der Waals surface area contributed by atoms with Crippen LogP contribution in [0.3, 0.4) is 0 Å². The van der Waals surface area contributed by atoms with Crippen LogP contribution in [0.1, 0.15) is 37.3 Å². The van der Waals surface area contributed by atoms with Gasteiger partial charge in [0.05, 0.1) is 6.04 Å². The fourth-order valence-corrected chi connectivity index (χ4v) is 4.13. The topological polar surface area (TPSA) is 38.0 Å². The van der Waals surface area contributed by atoms with Crippen LogP contribution >= 0.6 is 11.6 Å². The minimum Gasteiger partial charge on any atom is -0.271 e. The monoisotopic (exact) mass is 250 g/mol. The molecule has 0 heterocycles. The molecular formula is C14H19ClN2. The molecule has 0 aliphatic heterocycles. The van der Waals surface area contributed by atoms with E-state index in [0.717, 1.165) is 22.4 Å². The fraction of sp³-hybridized carbons (Fsp3) is 0.571. The van der Waals surface area contributed by atoms with E-state index in [0.29, 0.717) is 5.92 Å². The SMILES string of the molecule is NNC(c1ccccc1Cl)C1CC2CCC1C2. The second-order valence-electron chi connectivity index (χ2n) is 5.50. The number of nitrogens with two attached hydrogens (primary N) is 1. The average molecular weight is 251 g/mol. The molecule has 1 aromatic carbocycles.